The minimum absolute atomic E-state index is 0.102. The minimum Gasteiger partial charge on any atom is -0.481 e. The molecule has 4 heteroatoms. The van der Waals surface area contributed by atoms with Crippen LogP contribution in [0.2, 0.25) is 5.02 Å². The topological polar surface area (TPSA) is 38.3 Å². The largest absolute Gasteiger partial charge is 0.481 e. The van der Waals surface area contributed by atoms with Crippen LogP contribution in [0, 0.1) is 0 Å². The van der Waals surface area contributed by atoms with Gasteiger partial charge >= 0.3 is 0 Å². The van der Waals surface area contributed by atoms with E-state index in [0.29, 0.717) is 10.8 Å². The molecule has 1 aromatic rings. The lowest BCUT2D eigenvalue weighted by Gasteiger charge is -2.17. The normalized spacial score (nSPS) is 13.9. The van der Waals surface area contributed by atoms with Crippen molar-refractivity contribution in [3.8, 4) is 5.75 Å². The SMILES string of the molecule is CC[C@H](C)NC(=O)[C@H](C)Oc1ccc(Cl)cc1. The molecule has 0 saturated heterocycles. The Hall–Kier alpha value is -1.22. The van der Waals surface area contributed by atoms with E-state index in [9.17, 15) is 4.79 Å². The first kappa shape index (κ1) is 13.8. The molecule has 0 aliphatic carbocycles. The molecule has 2 atom stereocenters. The average Bonchev–Trinajstić information content (AvgIpc) is 2.31. The van der Waals surface area contributed by atoms with Gasteiger partial charge in [0.15, 0.2) is 6.10 Å². The zero-order chi connectivity index (χ0) is 12.8. The third-order valence-electron chi connectivity index (χ3n) is 2.50. The zero-order valence-corrected chi connectivity index (χ0v) is 11.1. The lowest BCUT2D eigenvalue weighted by atomic mass is 10.2. The molecule has 0 heterocycles. The summed E-state index contributed by atoms with van der Waals surface area (Å²) in [5.41, 5.74) is 0. The number of carbonyl (C=O) groups is 1. The van der Waals surface area contributed by atoms with Gasteiger partial charge in [0.25, 0.3) is 5.91 Å². The van der Waals surface area contributed by atoms with Crippen LogP contribution in [0.4, 0.5) is 0 Å². The lowest BCUT2D eigenvalue weighted by molar-refractivity contribution is -0.127. The van der Waals surface area contributed by atoms with E-state index in [2.05, 4.69) is 5.32 Å². The second kappa shape index (κ2) is 6.50. The van der Waals surface area contributed by atoms with Crippen LogP contribution in [-0.4, -0.2) is 18.1 Å². The first-order valence-corrected chi connectivity index (χ1v) is 6.13. The first-order chi connectivity index (χ1) is 8.02. The molecular formula is C13H18ClNO2. The molecule has 1 rings (SSSR count). The fourth-order valence-corrected chi connectivity index (χ4v) is 1.36. The van der Waals surface area contributed by atoms with Crippen molar-refractivity contribution >= 4 is 17.5 Å². The predicted octanol–water partition coefficient (Wildman–Crippen LogP) is 3.02. The Labute approximate surface area is 107 Å². The Bertz CT molecular complexity index is 364. The van der Waals surface area contributed by atoms with Crippen LogP contribution in [0.5, 0.6) is 5.75 Å². The van der Waals surface area contributed by atoms with Crippen molar-refractivity contribution < 1.29 is 9.53 Å². The highest BCUT2D eigenvalue weighted by molar-refractivity contribution is 6.30. The van der Waals surface area contributed by atoms with Gasteiger partial charge in [-0.25, -0.2) is 0 Å². The molecule has 94 valence electrons. The molecule has 0 fully saturated rings. The summed E-state index contributed by atoms with van der Waals surface area (Å²) >= 11 is 5.76. The van der Waals surface area contributed by atoms with Crippen LogP contribution in [0.15, 0.2) is 24.3 Å². The van der Waals surface area contributed by atoms with Crippen molar-refractivity contribution in [1.82, 2.24) is 5.32 Å². The number of nitrogens with one attached hydrogen (secondary N) is 1. The summed E-state index contributed by atoms with van der Waals surface area (Å²) in [6.45, 7) is 5.72. The van der Waals surface area contributed by atoms with E-state index in [0.717, 1.165) is 6.42 Å². The van der Waals surface area contributed by atoms with Crippen LogP contribution in [0.3, 0.4) is 0 Å². The second-order valence-electron chi connectivity index (χ2n) is 4.03. The van der Waals surface area contributed by atoms with Gasteiger partial charge in [0.1, 0.15) is 5.75 Å². The quantitative estimate of drug-likeness (QED) is 0.878. The number of ether oxygens (including phenoxy) is 1. The van der Waals surface area contributed by atoms with E-state index in [4.69, 9.17) is 16.3 Å². The molecule has 1 amide bonds. The van der Waals surface area contributed by atoms with Gasteiger partial charge in [0, 0.05) is 11.1 Å². The molecule has 0 bridgehead atoms. The third kappa shape index (κ3) is 4.65. The van der Waals surface area contributed by atoms with Gasteiger partial charge in [-0.2, -0.15) is 0 Å². The Morgan fingerprint density at radius 2 is 1.94 bits per heavy atom. The first-order valence-electron chi connectivity index (χ1n) is 5.75. The third-order valence-corrected chi connectivity index (χ3v) is 2.75. The molecule has 0 aromatic heterocycles. The second-order valence-corrected chi connectivity index (χ2v) is 4.47. The fraction of sp³-hybridized carbons (Fsp3) is 0.462. The lowest BCUT2D eigenvalue weighted by Crippen LogP contribution is -2.40. The van der Waals surface area contributed by atoms with Gasteiger partial charge in [-0.05, 0) is 44.5 Å². The molecule has 0 aliphatic heterocycles. The van der Waals surface area contributed by atoms with E-state index >= 15 is 0 Å². The number of hydrogen-bond donors (Lipinski definition) is 1. The molecule has 0 spiro atoms. The molecule has 0 unspecified atom stereocenters. The van der Waals surface area contributed by atoms with Gasteiger partial charge in [-0.3, -0.25) is 4.79 Å². The maximum absolute atomic E-state index is 11.7. The van der Waals surface area contributed by atoms with E-state index in [1.165, 1.54) is 0 Å². The van der Waals surface area contributed by atoms with Crippen LogP contribution in [0.1, 0.15) is 27.2 Å². The number of carbonyl (C=O) groups excluding carboxylic acids is 1. The standard InChI is InChI=1S/C13H18ClNO2/c1-4-9(2)15-13(16)10(3)17-12-7-5-11(14)6-8-12/h5-10H,4H2,1-3H3,(H,15,16)/t9-,10-/m0/s1. The highest BCUT2D eigenvalue weighted by Gasteiger charge is 2.15. The van der Waals surface area contributed by atoms with Crippen LogP contribution >= 0.6 is 11.6 Å². The molecule has 0 saturated carbocycles. The van der Waals surface area contributed by atoms with Crippen LogP contribution in [0.25, 0.3) is 0 Å². The summed E-state index contributed by atoms with van der Waals surface area (Å²) in [6, 6.07) is 7.12. The van der Waals surface area contributed by atoms with Gasteiger partial charge in [0.05, 0.1) is 0 Å². The van der Waals surface area contributed by atoms with E-state index in [-0.39, 0.29) is 11.9 Å². The number of halogens is 1. The number of benzene rings is 1. The molecule has 17 heavy (non-hydrogen) atoms. The maximum atomic E-state index is 11.7. The highest BCUT2D eigenvalue weighted by atomic mass is 35.5. The van der Waals surface area contributed by atoms with E-state index < -0.39 is 6.10 Å². The zero-order valence-electron chi connectivity index (χ0n) is 10.4. The van der Waals surface area contributed by atoms with Crippen molar-refractivity contribution in [2.45, 2.75) is 39.3 Å². The van der Waals surface area contributed by atoms with E-state index in [1.54, 1.807) is 31.2 Å². The Kier molecular flexibility index (Phi) is 5.29. The highest BCUT2D eigenvalue weighted by Crippen LogP contribution is 2.16. The molecule has 0 aliphatic rings. The molecular weight excluding hydrogens is 238 g/mol. The molecule has 3 nitrogen and oxygen atoms in total. The molecule has 0 radical (unpaired) electrons. The molecule has 1 aromatic carbocycles. The predicted molar refractivity (Wildman–Crippen MR) is 69.4 cm³/mol. The smallest absolute Gasteiger partial charge is 0.260 e. The summed E-state index contributed by atoms with van der Waals surface area (Å²) in [7, 11) is 0. The van der Waals surface area contributed by atoms with Crippen LogP contribution < -0.4 is 10.1 Å². The van der Waals surface area contributed by atoms with Crippen molar-refractivity contribution in [3.63, 3.8) is 0 Å². The average molecular weight is 256 g/mol. The van der Waals surface area contributed by atoms with Gasteiger partial charge in [0.2, 0.25) is 0 Å². The number of rotatable bonds is 5. The Morgan fingerprint density at radius 3 is 2.47 bits per heavy atom. The van der Waals surface area contributed by atoms with Gasteiger partial charge in [-0.15, -0.1) is 0 Å². The molecule has 1 N–H and O–H groups in total. The van der Waals surface area contributed by atoms with Crippen molar-refractivity contribution in [3.05, 3.63) is 29.3 Å². The van der Waals surface area contributed by atoms with E-state index in [1.807, 2.05) is 13.8 Å². The minimum atomic E-state index is -0.509. The maximum Gasteiger partial charge on any atom is 0.260 e. The summed E-state index contributed by atoms with van der Waals surface area (Å²) in [5.74, 6) is 0.538. The Morgan fingerprint density at radius 1 is 1.35 bits per heavy atom. The van der Waals surface area contributed by atoms with Crippen molar-refractivity contribution in [2.75, 3.05) is 0 Å². The summed E-state index contributed by atoms with van der Waals surface area (Å²) in [5, 5.41) is 3.52. The Balaban J connectivity index is 2.51. The number of hydrogen-bond acceptors (Lipinski definition) is 2. The summed E-state index contributed by atoms with van der Waals surface area (Å²) in [4.78, 5) is 11.7. The van der Waals surface area contributed by atoms with Gasteiger partial charge < -0.3 is 10.1 Å². The van der Waals surface area contributed by atoms with Gasteiger partial charge in [-0.1, -0.05) is 18.5 Å². The monoisotopic (exact) mass is 255 g/mol. The van der Waals surface area contributed by atoms with Crippen molar-refractivity contribution in [2.24, 2.45) is 0 Å². The van der Waals surface area contributed by atoms with Crippen LogP contribution in [-0.2, 0) is 4.79 Å². The summed E-state index contributed by atoms with van der Waals surface area (Å²) in [6.07, 6.45) is 0.393. The summed E-state index contributed by atoms with van der Waals surface area (Å²) < 4.78 is 5.51. The fourth-order valence-electron chi connectivity index (χ4n) is 1.23. The number of amides is 1. The van der Waals surface area contributed by atoms with Crippen molar-refractivity contribution in [1.29, 1.82) is 0 Å².